The zero-order chi connectivity index (χ0) is 30.6. The SMILES string of the molecule is CC1(C)c2cc(-c3cccc4oc5c6ccccc6ccc5c34)ccc2-c2c1cc1ccccc1c2-c1ccc2ccccc2c1. The molecule has 0 unspecified atom stereocenters. The van der Waals surface area contributed by atoms with Gasteiger partial charge in [0.1, 0.15) is 11.2 Å². The van der Waals surface area contributed by atoms with Gasteiger partial charge in [-0.3, -0.25) is 0 Å². The first-order chi connectivity index (χ1) is 22.6. The molecule has 0 saturated carbocycles. The van der Waals surface area contributed by atoms with Crippen molar-refractivity contribution >= 4 is 54.3 Å². The number of benzene rings is 8. The second-order valence-electron chi connectivity index (χ2n) is 13.3. The molecule has 10 rings (SSSR count). The third kappa shape index (κ3) is 3.46. The van der Waals surface area contributed by atoms with E-state index >= 15 is 0 Å². The molecule has 0 N–H and O–H groups in total. The summed E-state index contributed by atoms with van der Waals surface area (Å²) in [5.74, 6) is 0. The van der Waals surface area contributed by atoms with Gasteiger partial charge in [-0.25, -0.2) is 0 Å². The van der Waals surface area contributed by atoms with E-state index in [0.717, 1.165) is 21.9 Å². The Morgan fingerprint density at radius 2 is 1.15 bits per heavy atom. The minimum Gasteiger partial charge on any atom is -0.455 e. The fraction of sp³-hybridized carbons (Fsp3) is 0.0667. The summed E-state index contributed by atoms with van der Waals surface area (Å²) in [6.45, 7) is 4.78. The van der Waals surface area contributed by atoms with Crippen LogP contribution in [0.15, 0.2) is 150 Å². The topological polar surface area (TPSA) is 13.1 Å². The van der Waals surface area contributed by atoms with Gasteiger partial charge in [-0.2, -0.15) is 0 Å². The standard InChI is InChI=1S/C45H30O/c1-45(2)38-25-31(34-16-9-17-40-42(34)37-23-20-28-11-5-8-15-35(28)44(37)46-40)21-22-36(38)43-39(45)26-30-13-6-7-14-33(30)41(43)32-19-18-27-10-3-4-12-29(27)24-32/h3-26H,1-2H3. The van der Waals surface area contributed by atoms with Gasteiger partial charge in [0.25, 0.3) is 0 Å². The molecule has 1 aromatic heterocycles. The Labute approximate surface area is 267 Å². The van der Waals surface area contributed by atoms with E-state index in [1.807, 2.05) is 0 Å². The Kier molecular flexibility index (Phi) is 5.12. The van der Waals surface area contributed by atoms with Crippen molar-refractivity contribution in [2.24, 2.45) is 0 Å². The molecule has 1 aliphatic carbocycles. The molecule has 0 bridgehead atoms. The molecule has 0 radical (unpaired) electrons. The Morgan fingerprint density at radius 3 is 2.02 bits per heavy atom. The second-order valence-corrected chi connectivity index (χ2v) is 13.3. The Hall–Kier alpha value is -5.66. The average molecular weight is 587 g/mol. The molecule has 9 aromatic rings. The van der Waals surface area contributed by atoms with Crippen molar-refractivity contribution in [1.29, 1.82) is 0 Å². The molecule has 1 heteroatoms. The van der Waals surface area contributed by atoms with Gasteiger partial charge in [0.05, 0.1) is 0 Å². The van der Waals surface area contributed by atoms with Gasteiger partial charge in [0.2, 0.25) is 0 Å². The van der Waals surface area contributed by atoms with E-state index in [0.29, 0.717) is 0 Å². The summed E-state index contributed by atoms with van der Waals surface area (Å²) in [4.78, 5) is 0. The first-order valence-corrected chi connectivity index (χ1v) is 16.1. The minimum absolute atomic E-state index is 0.168. The lowest BCUT2D eigenvalue weighted by molar-refractivity contribution is 0.661. The summed E-state index contributed by atoms with van der Waals surface area (Å²) < 4.78 is 6.55. The average Bonchev–Trinajstić information content (AvgIpc) is 3.59. The molecular formula is C45H30O. The summed E-state index contributed by atoms with van der Waals surface area (Å²) in [7, 11) is 0. The van der Waals surface area contributed by atoms with Crippen LogP contribution < -0.4 is 0 Å². The van der Waals surface area contributed by atoms with E-state index in [2.05, 4.69) is 159 Å². The minimum atomic E-state index is -0.168. The highest BCUT2D eigenvalue weighted by Crippen LogP contribution is 2.55. The monoisotopic (exact) mass is 586 g/mol. The lowest BCUT2D eigenvalue weighted by Crippen LogP contribution is -2.15. The molecule has 46 heavy (non-hydrogen) atoms. The van der Waals surface area contributed by atoms with E-state index in [9.17, 15) is 0 Å². The van der Waals surface area contributed by atoms with Gasteiger partial charge in [0.15, 0.2) is 0 Å². The third-order valence-electron chi connectivity index (χ3n) is 10.4. The number of fused-ring (bicyclic) bond motifs is 10. The van der Waals surface area contributed by atoms with E-state index in [4.69, 9.17) is 4.42 Å². The quantitative estimate of drug-likeness (QED) is 0.196. The molecule has 0 amide bonds. The van der Waals surface area contributed by atoms with Gasteiger partial charge in [-0.15, -0.1) is 0 Å². The Balaban J connectivity index is 1.23. The molecule has 0 atom stereocenters. The zero-order valence-corrected chi connectivity index (χ0v) is 25.8. The lowest BCUT2D eigenvalue weighted by atomic mass is 9.80. The van der Waals surface area contributed by atoms with Crippen LogP contribution in [0.4, 0.5) is 0 Å². The second kappa shape index (κ2) is 9.19. The molecule has 1 heterocycles. The Bertz CT molecular complexity index is 2720. The van der Waals surface area contributed by atoms with Crippen LogP contribution in [0.5, 0.6) is 0 Å². The number of hydrogen-bond acceptors (Lipinski definition) is 1. The van der Waals surface area contributed by atoms with E-state index in [1.165, 1.54) is 76.8 Å². The highest BCUT2D eigenvalue weighted by Gasteiger charge is 2.38. The van der Waals surface area contributed by atoms with E-state index in [1.54, 1.807) is 0 Å². The molecule has 0 spiro atoms. The largest absolute Gasteiger partial charge is 0.455 e. The third-order valence-corrected chi connectivity index (χ3v) is 10.4. The summed E-state index contributed by atoms with van der Waals surface area (Å²) in [6.07, 6.45) is 0. The van der Waals surface area contributed by atoms with Crippen molar-refractivity contribution in [3.63, 3.8) is 0 Å². The maximum atomic E-state index is 6.55. The zero-order valence-electron chi connectivity index (χ0n) is 25.8. The highest BCUT2D eigenvalue weighted by molar-refractivity contribution is 6.19. The van der Waals surface area contributed by atoms with Gasteiger partial charge in [0, 0.05) is 21.6 Å². The van der Waals surface area contributed by atoms with E-state index < -0.39 is 0 Å². The molecule has 0 fully saturated rings. The molecule has 1 aliphatic rings. The van der Waals surface area contributed by atoms with Crippen LogP contribution >= 0.6 is 0 Å². The number of furan rings is 1. The van der Waals surface area contributed by atoms with Gasteiger partial charge < -0.3 is 4.42 Å². The van der Waals surface area contributed by atoms with Crippen LogP contribution in [-0.2, 0) is 5.41 Å². The number of hydrogen-bond donors (Lipinski definition) is 0. The molecular weight excluding hydrogens is 556 g/mol. The van der Waals surface area contributed by atoms with Crippen LogP contribution in [0.3, 0.4) is 0 Å². The fourth-order valence-corrected chi connectivity index (χ4v) is 8.15. The molecule has 0 saturated heterocycles. The summed E-state index contributed by atoms with van der Waals surface area (Å²) in [5, 5.41) is 9.81. The van der Waals surface area contributed by atoms with Crippen LogP contribution in [-0.4, -0.2) is 0 Å². The molecule has 0 aliphatic heterocycles. The predicted octanol–water partition coefficient (Wildman–Crippen LogP) is 12.7. The van der Waals surface area contributed by atoms with Crippen molar-refractivity contribution in [1.82, 2.24) is 0 Å². The van der Waals surface area contributed by atoms with Crippen molar-refractivity contribution in [3.8, 4) is 33.4 Å². The van der Waals surface area contributed by atoms with Gasteiger partial charge >= 0.3 is 0 Å². The van der Waals surface area contributed by atoms with E-state index in [-0.39, 0.29) is 5.41 Å². The van der Waals surface area contributed by atoms with Crippen LogP contribution in [0.2, 0.25) is 0 Å². The van der Waals surface area contributed by atoms with Crippen molar-refractivity contribution < 1.29 is 4.42 Å². The molecule has 8 aromatic carbocycles. The summed E-state index contributed by atoms with van der Waals surface area (Å²) in [6, 6.07) is 53.4. The van der Waals surface area contributed by atoms with Crippen LogP contribution in [0.1, 0.15) is 25.0 Å². The molecule has 216 valence electrons. The maximum Gasteiger partial charge on any atom is 0.143 e. The lowest BCUT2D eigenvalue weighted by Gasteiger charge is -2.23. The predicted molar refractivity (Wildman–Crippen MR) is 195 cm³/mol. The van der Waals surface area contributed by atoms with Crippen molar-refractivity contribution in [2.75, 3.05) is 0 Å². The summed E-state index contributed by atoms with van der Waals surface area (Å²) in [5.41, 5.74) is 12.2. The van der Waals surface area contributed by atoms with Gasteiger partial charge in [-0.1, -0.05) is 129 Å². The first kappa shape index (κ1) is 25.6. The fourth-order valence-electron chi connectivity index (χ4n) is 8.15. The van der Waals surface area contributed by atoms with Gasteiger partial charge in [-0.05, 0) is 102 Å². The summed E-state index contributed by atoms with van der Waals surface area (Å²) >= 11 is 0. The first-order valence-electron chi connectivity index (χ1n) is 16.1. The van der Waals surface area contributed by atoms with Crippen molar-refractivity contribution in [3.05, 3.63) is 157 Å². The Morgan fingerprint density at radius 1 is 0.435 bits per heavy atom. The normalized spacial score (nSPS) is 13.6. The smallest absolute Gasteiger partial charge is 0.143 e. The highest BCUT2D eigenvalue weighted by atomic mass is 16.3. The number of rotatable bonds is 2. The van der Waals surface area contributed by atoms with Crippen LogP contribution in [0.25, 0.3) is 87.6 Å². The van der Waals surface area contributed by atoms with Crippen molar-refractivity contribution in [2.45, 2.75) is 19.3 Å². The molecule has 1 nitrogen and oxygen atoms in total. The van der Waals surface area contributed by atoms with Crippen LogP contribution in [0, 0.1) is 0 Å². The maximum absolute atomic E-state index is 6.55.